The Morgan fingerprint density at radius 3 is 0.887 bits per heavy atom. The number of fused-ring (bicyclic) bond motifs is 8. The number of para-hydroxylation sites is 8. The number of rotatable bonds is 2. The minimum absolute atomic E-state index is 0.303. The van der Waals surface area contributed by atoms with Crippen LogP contribution in [0.5, 0.6) is 23.0 Å². The molecule has 3 heterocycles. The molecule has 4 aromatic carbocycles. The van der Waals surface area contributed by atoms with Gasteiger partial charge in [0.15, 0.2) is 0 Å². The van der Waals surface area contributed by atoms with Crippen molar-refractivity contribution in [2.75, 3.05) is 73.9 Å². The van der Waals surface area contributed by atoms with Crippen LogP contribution in [0.15, 0.2) is 133 Å². The number of hydrogen-bond acceptors (Lipinski definition) is 12. The Balaban J connectivity index is 1.03. The van der Waals surface area contributed by atoms with Crippen LogP contribution in [0.4, 0.5) is 22.7 Å². The first-order valence-corrected chi connectivity index (χ1v) is 20.7. The number of nitrogens with zero attached hydrogens (tertiary/aromatic N) is 4. The van der Waals surface area contributed by atoms with Gasteiger partial charge in [0.25, 0.3) is 0 Å². The molecular formula is C48H52N8O6. The number of aromatic nitrogens is 2. The quantitative estimate of drug-likeness (QED) is 0.132. The zero-order valence-electron chi connectivity index (χ0n) is 34.6. The van der Waals surface area contributed by atoms with Crippen molar-refractivity contribution in [3.8, 4) is 23.0 Å². The van der Waals surface area contributed by atoms with Crippen LogP contribution in [0.1, 0.15) is 22.8 Å². The summed E-state index contributed by atoms with van der Waals surface area (Å²) in [7, 11) is 0. The molecule has 14 nitrogen and oxygen atoms in total. The second-order valence-corrected chi connectivity index (χ2v) is 14.3. The van der Waals surface area contributed by atoms with E-state index >= 15 is 0 Å². The third-order valence-electron chi connectivity index (χ3n) is 9.96. The fourth-order valence-electron chi connectivity index (χ4n) is 6.68. The molecule has 0 saturated carbocycles. The van der Waals surface area contributed by atoms with E-state index in [9.17, 15) is 9.59 Å². The Labute approximate surface area is 362 Å². The monoisotopic (exact) mass is 836 g/mol. The Bertz CT molecular complexity index is 2040. The first kappa shape index (κ1) is 42.6. The highest BCUT2D eigenvalue weighted by Gasteiger charge is 2.12. The first-order valence-electron chi connectivity index (χ1n) is 20.7. The molecule has 0 unspecified atom stereocenters. The van der Waals surface area contributed by atoms with Gasteiger partial charge in [-0.05, 0) is 72.8 Å². The van der Waals surface area contributed by atoms with E-state index in [1.165, 1.54) is 0 Å². The number of amides is 2. The Morgan fingerprint density at radius 1 is 0.371 bits per heavy atom. The second-order valence-electron chi connectivity index (χ2n) is 14.3. The van der Waals surface area contributed by atoms with Crippen LogP contribution >= 0.6 is 0 Å². The number of carbonyl (C=O) groups is 2. The molecule has 2 amide bonds. The molecular weight excluding hydrogens is 785 g/mol. The molecule has 0 aliphatic carbocycles. The summed E-state index contributed by atoms with van der Waals surface area (Å²) in [6, 6.07) is 42.7. The van der Waals surface area contributed by atoms with Gasteiger partial charge in [0.1, 0.15) is 49.4 Å². The highest BCUT2D eigenvalue weighted by atomic mass is 16.5. The first-order chi connectivity index (χ1) is 30.6. The van der Waals surface area contributed by atoms with Gasteiger partial charge in [0.2, 0.25) is 12.8 Å². The molecule has 62 heavy (non-hydrogen) atoms. The molecule has 0 fully saturated rings. The number of anilines is 4. The molecule has 4 bridgehead atoms. The van der Waals surface area contributed by atoms with Crippen molar-refractivity contribution in [1.29, 1.82) is 0 Å². The van der Waals surface area contributed by atoms with E-state index in [1.807, 2.05) is 133 Å². The normalized spacial score (nSPS) is 14.8. The summed E-state index contributed by atoms with van der Waals surface area (Å²) in [4.78, 5) is 37.1. The topological polar surface area (TPSA) is 151 Å². The Morgan fingerprint density at radius 2 is 0.629 bits per heavy atom. The molecule has 14 heteroatoms. The number of carbonyl (C=O) groups excluding carboxylic acids is 2. The standard InChI is InChI=1S/C48H52N8O6/c57-35-55-23-27-59-45-19-5-1-15-41(45)49-31-37-11-9-12-38(53-37)32-50-42-16-2-6-20-46(42)61-29-25-56(36-58)26-30-62-48-22-8-4-18-44(48)52-34-40-14-10-13-39(54-40)33-51-43-17-3-7-21-47(43)60-28-24-55/h1-22,35-36,49-52H,23-34H2. The van der Waals surface area contributed by atoms with Gasteiger partial charge in [-0.3, -0.25) is 19.6 Å². The van der Waals surface area contributed by atoms with E-state index < -0.39 is 0 Å². The maximum atomic E-state index is 12.0. The third-order valence-corrected chi connectivity index (χ3v) is 9.96. The van der Waals surface area contributed by atoms with Gasteiger partial charge in [-0.15, -0.1) is 0 Å². The highest BCUT2D eigenvalue weighted by molar-refractivity contribution is 5.59. The van der Waals surface area contributed by atoms with Crippen molar-refractivity contribution in [3.05, 3.63) is 156 Å². The Hall–Kier alpha value is -7.48. The van der Waals surface area contributed by atoms with E-state index in [-0.39, 0.29) is 0 Å². The molecule has 0 spiro atoms. The summed E-state index contributed by atoms with van der Waals surface area (Å²) in [6.07, 6.45) is 1.64. The van der Waals surface area contributed by atoms with E-state index in [0.29, 0.717) is 102 Å². The van der Waals surface area contributed by atoms with Crippen molar-refractivity contribution < 1.29 is 28.5 Å². The minimum Gasteiger partial charge on any atom is -0.490 e. The summed E-state index contributed by atoms with van der Waals surface area (Å²) in [5, 5.41) is 13.8. The van der Waals surface area contributed by atoms with Crippen molar-refractivity contribution in [2.24, 2.45) is 0 Å². The van der Waals surface area contributed by atoms with Gasteiger partial charge in [-0.2, -0.15) is 0 Å². The predicted molar refractivity (Wildman–Crippen MR) is 241 cm³/mol. The third kappa shape index (κ3) is 12.8. The van der Waals surface area contributed by atoms with Crippen LogP contribution in [0, 0.1) is 0 Å². The van der Waals surface area contributed by atoms with Crippen LogP contribution in [-0.2, 0) is 35.8 Å². The smallest absolute Gasteiger partial charge is 0.209 e. The lowest BCUT2D eigenvalue weighted by Crippen LogP contribution is -2.31. The average Bonchev–Trinajstić information content (AvgIpc) is 3.31. The Kier molecular flexibility index (Phi) is 15.7. The predicted octanol–water partition coefficient (Wildman–Crippen LogP) is 7.07. The van der Waals surface area contributed by atoms with Crippen molar-refractivity contribution in [1.82, 2.24) is 19.8 Å². The zero-order valence-corrected chi connectivity index (χ0v) is 34.6. The largest absolute Gasteiger partial charge is 0.490 e. The molecule has 1 aliphatic rings. The van der Waals surface area contributed by atoms with Crippen LogP contribution < -0.4 is 40.2 Å². The van der Waals surface area contributed by atoms with E-state index in [0.717, 1.165) is 58.3 Å². The molecule has 0 radical (unpaired) electrons. The van der Waals surface area contributed by atoms with Crippen molar-refractivity contribution in [2.45, 2.75) is 26.2 Å². The summed E-state index contributed by atoms with van der Waals surface area (Å²) in [5.74, 6) is 2.72. The number of nitrogens with one attached hydrogen (secondary N) is 4. The fraction of sp³-hybridized carbons (Fsp3) is 0.250. The molecule has 6 aromatic rings. The van der Waals surface area contributed by atoms with Crippen LogP contribution in [0.2, 0.25) is 0 Å². The molecule has 7 rings (SSSR count). The van der Waals surface area contributed by atoms with Crippen LogP contribution in [-0.4, -0.2) is 85.2 Å². The second kappa shape index (κ2) is 22.8. The van der Waals surface area contributed by atoms with Crippen molar-refractivity contribution in [3.63, 3.8) is 0 Å². The number of benzene rings is 4. The van der Waals surface area contributed by atoms with Crippen LogP contribution in [0.25, 0.3) is 0 Å². The summed E-state index contributed by atoms with van der Waals surface area (Å²) >= 11 is 0. The van der Waals surface area contributed by atoms with E-state index in [1.54, 1.807) is 9.80 Å². The molecule has 320 valence electrons. The minimum atomic E-state index is 0.303. The lowest BCUT2D eigenvalue weighted by Gasteiger charge is -2.20. The molecule has 4 N–H and O–H groups in total. The van der Waals surface area contributed by atoms with Gasteiger partial charge in [-0.1, -0.05) is 60.7 Å². The summed E-state index contributed by atoms with van der Waals surface area (Å²) in [5.41, 5.74) is 6.73. The number of pyridine rings is 2. The van der Waals surface area contributed by atoms with Gasteiger partial charge in [0.05, 0.1) is 97.9 Å². The van der Waals surface area contributed by atoms with Gasteiger partial charge >= 0.3 is 0 Å². The maximum absolute atomic E-state index is 12.0. The zero-order chi connectivity index (χ0) is 42.6. The van der Waals surface area contributed by atoms with Crippen molar-refractivity contribution >= 4 is 35.6 Å². The number of hydrogen-bond donors (Lipinski definition) is 4. The van der Waals surface area contributed by atoms with Gasteiger partial charge in [0, 0.05) is 0 Å². The summed E-state index contributed by atoms with van der Waals surface area (Å²) < 4.78 is 24.6. The lowest BCUT2D eigenvalue weighted by atomic mass is 10.2. The van der Waals surface area contributed by atoms with E-state index in [4.69, 9.17) is 28.9 Å². The molecule has 0 atom stereocenters. The summed E-state index contributed by atoms with van der Waals surface area (Å²) in [6.45, 7) is 4.68. The number of ether oxygens (including phenoxy) is 4. The fourth-order valence-corrected chi connectivity index (χ4v) is 6.68. The molecule has 1 aliphatic heterocycles. The van der Waals surface area contributed by atoms with Crippen LogP contribution in [0.3, 0.4) is 0 Å². The van der Waals surface area contributed by atoms with Gasteiger partial charge in [-0.25, -0.2) is 0 Å². The SMILES string of the molecule is O=CN1CCOc2ccccc2NCc2cccc(n2)CNc2ccccc2OCCN(C=O)CCOc2ccccc2NCc2cccc(n2)CNc2ccccc2OCC1. The highest BCUT2D eigenvalue weighted by Crippen LogP contribution is 2.28. The van der Waals surface area contributed by atoms with E-state index in [2.05, 4.69) is 21.3 Å². The molecule has 2 aromatic heterocycles. The molecule has 0 saturated heterocycles. The van der Waals surface area contributed by atoms with Gasteiger partial charge < -0.3 is 50.0 Å². The average molecular weight is 837 g/mol. The lowest BCUT2D eigenvalue weighted by molar-refractivity contribution is -0.119. The maximum Gasteiger partial charge on any atom is 0.209 e.